The molecule has 0 saturated heterocycles. The van der Waals surface area contributed by atoms with E-state index in [1.807, 2.05) is 24.6 Å². The van der Waals surface area contributed by atoms with Gasteiger partial charge in [-0.2, -0.15) is 10.4 Å². The standard InChI is InChI=1S/C14H17N5/c1-5-19-10(3)13(9(2)18-19)12-7-6-11(8-15)14(16-4)17-12/h6-7H,5H2,1-4H3,(H,16,17). The van der Waals surface area contributed by atoms with Crippen LogP contribution >= 0.6 is 0 Å². The summed E-state index contributed by atoms with van der Waals surface area (Å²) in [7, 11) is 1.77. The summed E-state index contributed by atoms with van der Waals surface area (Å²) in [6, 6.07) is 5.78. The normalized spacial score (nSPS) is 10.3. The molecule has 0 aliphatic heterocycles. The molecule has 0 spiro atoms. The van der Waals surface area contributed by atoms with Crippen LogP contribution in [0.5, 0.6) is 0 Å². The van der Waals surface area contributed by atoms with Crippen LogP contribution in [-0.4, -0.2) is 21.8 Å². The molecule has 0 radical (unpaired) electrons. The Morgan fingerprint density at radius 2 is 2.11 bits per heavy atom. The lowest BCUT2D eigenvalue weighted by molar-refractivity contribution is 0.634. The summed E-state index contributed by atoms with van der Waals surface area (Å²) < 4.78 is 1.96. The third-order valence-electron chi connectivity index (χ3n) is 3.19. The highest BCUT2D eigenvalue weighted by Crippen LogP contribution is 2.27. The minimum absolute atomic E-state index is 0.546. The summed E-state index contributed by atoms with van der Waals surface area (Å²) in [5, 5.41) is 16.5. The Morgan fingerprint density at radius 1 is 1.37 bits per heavy atom. The predicted octanol–water partition coefficient (Wildman–Crippen LogP) is 2.50. The van der Waals surface area contributed by atoms with Crippen LogP contribution in [0.25, 0.3) is 11.3 Å². The first-order valence-electron chi connectivity index (χ1n) is 6.25. The number of nitrogens with one attached hydrogen (secondary N) is 1. The van der Waals surface area contributed by atoms with Gasteiger partial charge >= 0.3 is 0 Å². The van der Waals surface area contributed by atoms with E-state index in [1.165, 1.54) is 0 Å². The van der Waals surface area contributed by atoms with Crippen LogP contribution < -0.4 is 5.32 Å². The fraction of sp³-hybridized carbons (Fsp3) is 0.357. The van der Waals surface area contributed by atoms with Crippen molar-refractivity contribution in [1.82, 2.24) is 14.8 Å². The van der Waals surface area contributed by atoms with E-state index < -0.39 is 0 Å². The molecule has 0 aromatic carbocycles. The Balaban J connectivity index is 2.60. The van der Waals surface area contributed by atoms with E-state index in [1.54, 1.807) is 13.1 Å². The van der Waals surface area contributed by atoms with Crippen LogP contribution in [0.1, 0.15) is 23.9 Å². The maximum atomic E-state index is 9.02. The van der Waals surface area contributed by atoms with Crippen LogP contribution in [0.15, 0.2) is 12.1 Å². The van der Waals surface area contributed by atoms with Gasteiger partial charge in [0, 0.05) is 24.8 Å². The minimum atomic E-state index is 0.546. The molecule has 0 unspecified atom stereocenters. The summed E-state index contributed by atoms with van der Waals surface area (Å²) in [4.78, 5) is 4.51. The van der Waals surface area contributed by atoms with Crippen molar-refractivity contribution < 1.29 is 0 Å². The van der Waals surface area contributed by atoms with Crippen LogP contribution in [0.3, 0.4) is 0 Å². The molecule has 5 nitrogen and oxygen atoms in total. The molecule has 19 heavy (non-hydrogen) atoms. The highest BCUT2D eigenvalue weighted by atomic mass is 15.3. The molecule has 98 valence electrons. The molecule has 0 saturated carbocycles. The molecule has 1 N–H and O–H groups in total. The van der Waals surface area contributed by atoms with Gasteiger partial charge in [-0.05, 0) is 32.9 Å². The van der Waals surface area contributed by atoms with Crippen molar-refractivity contribution >= 4 is 5.82 Å². The molecule has 5 heteroatoms. The van der Waals surface area contributed by atoms with Crippen LogP contribution in [0, 0.1) is 25.2 Å². The number of aryl methyl sites for hydroxylation is 2. The molecule has 0 atom stereocenters. The van der Waals surface area contributed by atoms with Gasteiger partial charge in [-0.25, -0.2) is 4.98 Å². The van der Waals surface area contributed by atoms with E-state index in [4.69, 9.17) is 5.26 Å². The quantitative estimate of drug-likeness (QED) is 0.915. The van der Waals surface area contributed by atoms with Crippen molar-refractivity contribution in [3.05, 3.63) is 29.1 Å². The van der Waals surface area contributed by atoms with Gasteiger partial charge in [-0.1, -0.05) is 0 Å². The van der Waals surface area contributed by atoms with Gasteiger partial charge in [0.1, 0.15) is 11.9 Å². The molecule has 0 fully saturated rings. The van der Waals surface area contributed by atoms with Gasteiger partial charge in [0.2, 0.25) is 0 Å². The van der Waals surface area contributed by atoms with Gasteiger partial charge in [-0.15, -0.1) is 0 Å². The predicted molar refractivity (Wildman–Crippen MR) is 74.9 cm³/mol. The molecule has 2 heterocycles. The first-order chi connectivity index (χ1) is 9.12. The van der Waals surface area contributed by atoms with Gasteiger partial charge in [0.15, 0.2) is 0 Å². The molecular formula is C14H17N5. The topological polar surface area (TPSA) is 66.5 Å². The van der Waals surface area contributed by atoms with Crippen LogP contribution in [0.4, 0.5) is 5.82 Å². The van der Waals surface area contributed by atoms with Gasteiger partial charge in [0.05, 0.1) is 17.0 Å². The number of pyridine rings is 1. The SMILES string of the molecule is CCn1nc(C)c(-c2ccc(C#N)c(NC)n2)c1C. The van der Waals surface area contributed by atoms with Gasteiger partial charge in [-0.3, -0.25) is 4.68 Å². The second-order valence-electron chi connectivity index (χ2n) is 4.32. The van der Waals surface area contributed by atoms with Crippen molar-refractivity contribution in [2.75, 3.05) is 12.4 Å². The average Bonchev–Trinajstić information content (AvgIpc) is 2.72. The molecule has 0 bridgehead atoms. The fourth-order valence-corrected chi connectivity index (χ4v) is 2.25. The zero-order chi connectivity index (χ0) is 14.0. The minimum Gasteiger partial charge on any atom is -0.372 e. The van der Waals surface area contributed by atoms with Crippen LogP contribution in [-0.2, 0) is 6.54 Å². The summed E-state index contributed by atoms with van der Waals surface area (Å²) in [6.45, 7) is 6.92. The Bertz CT molecular complexity index is 649. The fourth-order valence-electron chi connectivity index (χ4n) is 2.25. The van der Waals surface area contributed by atoms with Crippen molar-refractivity contribution in [1.29, 1.82) is 5.26 Å². The van der Waals surface area contributed by atoms with E-state index in [0.717, 1.165) is 29.2 Å². The maximum absolute atomic E-state index is 9.02. The zero-order valence-electron chi connectivity index (χ0n) is 11.7. The number of nitrogens with zero attached hydrogens (tertiary/aromatic N) is 4. The zero-order valence-corrected chi connectivity index (χ0v) is 11.7. The van der Waals surface area contributed by atoms with Crippen molar-refractivity contribution in [2.24, 2.45) is 0 Å². The smallest absolute Gasteiger partial charge is 0.144 e. The van der Waals surface area contributed by atoms with Crippen molar-refractivity contribution in [3.63, 3.8) is 0 Å². The maximum Gasteiger partial charge on any atom is 0.144 e. The molecular weight excluding hydrogens is 238 g/mol. The van der Waals surface area contributed by atoms with Gasteiger partial charge in [0.25, 0.3) is 0 Å². The van der Waals surface area contributed by atoms with E-state index in [9.17, 15) is 0 Å². The first kappa shape index (κ1) is 13.1. The van der Waals surface area contributed by atoms with Gasteiger partial charge < -0.3 is 5.32 Å². The lowest BCUT2D eigenvalue weighted by Crippen LogP contribution is -2.00. The van der Waals surface area contributed by atoms with E-state index >= 15 is 0 Å². The number of rotatable bonds is 3. The third-order valence-corrected chi connectivity index (χ3v) is 3.19. The van der Waals surface area contributed by atoms with E-state index in [-0.39, 0.29) is 0 Å². The Morgan fingerprint density at radius 3 is 2.63 bits per heavy atom. The number of anilines is 1. The summed E-state index contributed by atoms with van der Waals surface area (Å²) in [5.74, 6) is 0.600. The molecule has 2 rings (SSSR count). The third kappa shape index (κ3) is 2.17. The molecule has 0 aliphatic carbocycles. The highest BCUT2D eigenvalue weighted by molar-refractivity contribution is 5.68. The number of hydrogen-bond donors (Lipinski definition) is 1. The number of aromatic nitrogens is 3. The summed E-state index contributed by atoms with van der Waals surface area (Å²) in [6.07, 6.45) is 0. The molecule has 0 amide bonds. The number of nitriles is 1. The summed E-state index contributed by atoms with van der Waals surface area (Å²) >= 11 is 0. The largest absolute Gasteiger partial charge is 0.372 e. The monoisotopic (exact) mass is 255 g/mol. The highest BCUT2D eigenvalue weighted by Gasteiger charge is 2.15. The Kier molecular flexibility index (Phi) is 3.52. The number of hydrogen-bond acceptors (Lipinski definition) is 4. The Labute approximate surface area is 112 Å². The van der Waals surface area contributed by atoms with E-state index in [2.05, 4.69) is 28.4 Å². The molecule has 0 aliphatic rings. The van der Waals surface area contributed by atoms with Crippen molar-refractivity contribution in [3.8, 4) is 17.3 Å². The molecule has 2 aromatic heterocycles. The van der Waals surface area contributed by atoms with Crippen LogP contribution in [0.2, 0.25) is 0 Å². The second kappa shape index (κ2) is 5.11. The lowest BCUT2D eigenvalue weighted by atomic mass is 10.1. The first-order valence-corrected chi connectivity index (χ1v) is 6.25. The molecule has 2 aromatic rings. The lowest BCUT2D eigenvalue weighted by Gasteiger charge is -2.06. The van der Waals surface area contributed by atoms with Crippen molar-refractivity contribution in [2.45, 2.75) is 27.3 Å². The second-order valence-corrected chi connectivity index (χ2v) is 4.32. The Hall–Kier alpha value is -2.35. The van der Waals surface area contributed by atoms with E-state index in [0.29, 0.717) is 11.4 Å². The average molecular weight is 255 g/mol. The summed E-state index contributed by atoms with van der Waals surface area (Å²) in [5.41, 5.74) is 4.49.